The van der Waals surface area contributed by atoms with Crippen molar-refractivity contribution in [1.82, 2.24) is 0 Å². The summed E-state index contributed by atoms with van der Waals surface area (Å²) in [4.78, 5) is 36.5. The molecule has 1 aromatic rings. The van der Waals surface area contributed by atoms with Crippen LogP contribution in [0.25, 0.3) is 0 Å². The van der Waals surface area contributed by atoms with Crippen LogP contribution in [0.4, 0.5) is 5.69 Å². The Hall–Kier alpha value is -2.42. The van der Waals surface area contributed by atoms with Crippen molar-refractivity contribution in [3.05, 3.63) is 29.3 Å². The number of hydrogen-bond acceptors (Lipinski definition) is 7. The highest BCUT2D eigenvalue weighted by Crippen LogP contribution is 2.64. The maximum Gasteiger partial charge on any atom is 0.337 e. The molecule has 0 heterocycles. The molecule has 0 aromatic heterocycles. The fourth-order valence-corrected chi connectivity index (χ4v) is 6.68. The van der Waals surface area contributed by atoms with Gasteiger partial charge in [-0.15, -0.1) is 0 Å². The average molecular weight is 423 g/mol. The largest absolute Gasteiger partial charge is 0.465 e. The van der Waals surface area contributed by atoms with Crippen LogP contribution < -0.4 is 4.72 Å². The van der Waals surface area contributed by atoms with E-state index in [0.717, 1.165) is 6.42 Å². The molecule has 2 aliphatic rings. The van der Waals surface area contributed by atoms with Crippen molar-refractivity contribution in [2.24, 2.45) is 16.7 Å². The molecule has 2 atom stereocenters. The molecule has 0 saturated heterocycles. The van der Waals surface area contributed by atoms with Gasteiger partial charge in [-0.3, -0.25) is 9.52 Å². The molecule has 9 heteroatoms. The second kappa shape index (κ2) is 7.12. The Morgan fingerprint density at radius 1 is 1.10 bits per heavy atom. The highest BCUT2D eigenvalue weighted by atomic mass is 32.2. The Bertz CT molecular complexity index is 948. The lowest BCUT2D eigenvalue weighted by Gasteiger charge is -2.36. The predicted molar refractivity (Wildman–Crippen MR) is 105 cm³/mol. The normalized spacial score (nSPS) is 25.0. The molecule has 1 N–H and O–H groups in total. The highest BCUT2D eigenvalue weighted by molar-refractivity contribution is 7.92. The number of rotatable bonds is 6. The third-order valence-corrected chi connectivity index (χ3v) is 8.04. The lowest BCUT2D eigenvalue weighted by Crippen LogP contribution is -2.43. The Balaban J connectivity index is 1.93. The average Bonchev–Trinajstić information content (AvgIpc) is 2.99. The van der Waals surface area contributed by atoms with E-state index in [1.807, 2.05) is 13.8 Å². The topological polar surface area (TPSA) is 116 Å². The zero-order valence-electron chi connectivity index (χ0n) is 16.9. The number of nitrogens with one attached hydrogen (secondary N) is 1. The fraction of sp³-hybridized carbons (Fsp3) is 0.550. The van der Waals surface area contributed by atoms with Crippen molar-refractivity contribution in [2.45, 2.75) is 33.1 Å². The maximum atomic E-state index is 13.0. The molecule has 2 bridgehead atoms. The molecule has 2 unspecified atom stereocenters. The van der Waals surface area contributed by atoms with Crippen molar-refractivity contribution in [3.63, 3.8) is 0 Å². The van der Waals surface area contributed by atoms with E-state index in [-0.39, 0.29) is 34.3 Å². The molecule has 29 heavy (non-hydrogen) atoms. The van der Waals surface area contributed by atoms with Gasteiger partial charge in [0.2, 0.25) is 10.0 Å². The van der Waals surface area contributed by atoms with E-state index in [9.17, 15) is 22.8 Å². The van der Waals surface area contributed by atoms with Gasteiger partial charge in [0.1, 0.15) is 5.78 Å². The first-order valence-electron chi connectivity index (χ1n) is 9.31. The number of ketones is 1. The number of carbonyl (C=O) groups is 3. The third-order valence-electron chi connectivity index (χ3n) is 6.62. The molecular weight excluding hydrogens is 398 g/mol. The summed E-state index contributed by atoms with van der Waals surface area (Å²) in [7, 11) is -1.58. The minimum absolute atomic E-state index is 0.00414. The zero-order chi connectivity index (χ0) is 21.6. The van der Waals surface area contributed by atoms with Gasteiger partial charge in [0.25, 0.3) is 0 Å². The monoisotopic (exact) mass is 423 g/mol. The molecule has 2 fully saturated rings. The highest BCUT2D eigenvalue weighted by Gasteiger charge is 2.65. The second-order valence-corrected chi connectivity index (χ2v) is 10.0. The van der Waals surface area contributed by atoms with Crippen LogP contribution in [0.5, 0.6) is 0 Å². The lowest BCUT2D eigenvalue weighted by molar-refractivity contribution is -0.128. The summed E-state index contributed by atoms with van der Waals surface area (Å²) < 4.78 is 37.7. The smallest absolute Gasteiger partial charge is 0.337 e. The number of anilines is 1. The van der Waals surface area contributed by atoms with Gasteiger partial charge in [0, 0.05) is 6.42 Å². The van der Waals surface area contributed by atoms with E-state index in [2.05, 4.69) is 14.2 Å². The number of esters is 2. The summed E-state index contributed by atoms with van der Waals surface area (Å²) in [6.07, 6.45) is 1.78. The molecule has 8 nitrogen and oxygen atoms in total. The Labute approximate surface area is 170 Å². The molecule has 2 saturated carbocycles. The number of ether oxygens (including phenoxy) is 2. The molecule has 2 aliphatic carbocycles. The van der Waals surface area contributed by atoms with Gasteiger partial charge in [-0.05, 0) is 42.4 Å². The summed E-state index contributed by atoms with van der Waals surface area (Å²) in [5, 5.41) is 0. The van der Waals surface area contributed by atoms with E-state index in [0.29, 0.717) is 12.8 Å². The van der Waals surface area contributed by atoms with E-state index >= 15 is 0 Å². The van der Waals surface area contributed by atoms with Crippen LogP contribution >= 0.6 is 0 Å². The predicted octanol–water partition coefficient (Wildman–Crippen LogP) is 2.40. The summed E-state index contributed by atoms with van der Waals surface area (Å²) in [6, 6.07) is 3.83. The first-order chi connectivity index (χ1) is 13.5. The van der Waals surface area contributed by atoms with Crippen LogP contribution in [0, 0.1) is 16.7 Å². The molecule has 0 amide bonds. The molecule has 158 valence electrons. The Morgan fingerprint density at radius 3 is 2.07 bits per heavy atom. The molecule has 0 aliphatic heterocycles. The van der Waals surface area contributed by atoms with Crippen LogP contribution in [0.2, 0.25) is 0 Å². The molecular formula is C20H25NO7S. The zero-order valence-corrected chi connectivity index (χ0v) is 17.7. The van der Waals surface area contributed by atoms with E-state index in [4.69, 9.17) is 0 Å². The third kappa shape index (κ3) is 3.52. The van der Waals surface area contributed by atoms with E-state index < -0.39 is 32.8 Å². The van der Waals surface area contributed by atoms with Crippen molar-refractivity contribution < 1.29 is 32.3 Å². The quantitative estimate of drug-likeness (QED) is 0.699. The van der Waals surface area contributed by atoms with Crippen molar-refractivity contribution in [2.75, 3.05) is 24.7 Å². The number of carbonyl (C=O) groups excluding carboxylic acids is 3. The number of methoxy groups -OCH3 is 2. The van der Waals surface area contributed by atoms with Crippen LogP contribution in [-0.2, 0) is 24.3 Å². The second-order valence-electron chi connectivity index (χ2n) is 8.31. The fourth-order valence-electron chi connectivity index (χ4n) is 4.81. The molecule has 0 spiro atoms. The molecule has 1 aromatic carbocycles. The van der Waals surface area contributed by atoms with Gasteiger partial charge in [-0.2, -0.15) is 0 Å². The summed E-state index contributed by atoms with van der Waals surface area (Å²) in [6.45, 7) is 3.91. The number of hydrogen-bond donors (Lipinski definition) is 1. The van der Waals surface area contributed by atoms with Gasteiger partial charge in [0.15, 0.2) is 0 Å². The van der Waals surface area contributed by atoms with Gasteiger partial charge in [-0.25, -0.2) is 18.0 Å². The summed E-state index contributed by atoms with van der Waals surface area (Å²) >= 11 is 0. The Morgan fingerprint density at radius 2 is 1.66 bits per heavy atom. The summed E-state index contributed by atoms with van der Waals surface area (Å²) in [5.41, 5.74) is -1.28. The van der Waals surface area contributed by atoms with Crippen molar-refractivity contribution >= 4 is 33.4 Å². The number of sulfonamides is 1. The van der Waals surface area contributed by atoms with Crippen molar-refractivity contribution in [1.29, 1.82) is 0 Å². The van der Waals surface area contributed by atoms with Crippen LogP contribution in [-0.4, -0.2) is 46.1 Å². The van der Waals surface area contributed by atoms with E-state index in [1.54, 1.807) is 0 Å². The maximum absolute atomic E-state index is 13.0. The SMILES string of the molecule is COC(=O)c1cc(NS(=O)(=O)CC23CCC(CC2=O)C3(C)C)cc(C(=O)OC)c1. The first kappa shape index (κ1) is 21.3. The van der Waals surface area contributed by atoms with Crippen molar-refractivity contribution in [3.8, 4) is 0 Å². The number of benzene rings is 1. The Kier molecular flexibility index (Phi) is 5.23. The van der Waals surface area contributed by atoms with Gasteiger partial charge >= 0.3 is 11.9 Å². The van der Waals surface area contributed by atoms with Crippen LogP contribution in [0.1, 0.15) is 53.8 Å². The van der Waals surface area contributed by atoms with Crippen LogP contribution in [0.3, 0.4) is 0 Å². The lowest BCUT2D eigenvalue weighted by atomic mass is 9.70. The summed E-state index contributed by atoms with van der Waals surface area (Å²) in [5.74, 6) is -1.60. The minimum atomic E-state index is -3.94. The molecule has 0 radical (unpaired) electrons. The van der Waals surface area contributed by atoms with E-state index in [1.165, 1.54) is 32.4 Å². The molecule has 3 rings (SSSR count). The van der Waals surface area contributed by atoms with Gasteiger partial charge < -0.3 is 9.47 Å². The first-order valence-corrected chi connectivity index (χ1v) is 11.0. The number of Topliss-reactive ketones (excluding diaryl/α,β-unsaturated/α-hetero) is 1. The van der Waals surface area contributed by atoms with Crippen LogP contribution in [0.15, 0.2) is 18.2 Å². The minimum Gasteiger partial charge on any atom is -0.465 e. The standard InChI is InChI=1S/C20H25NO7S/c1-19(2)14-5-6-20(19,16(22)10-14)11-29(25,26)21-15-8-12(17(23)27-3)7-13(9-15)18(24)28-4/h7-9,14,21H,5-6,10-11H2,1-4H3. The van der Waals surface area contributed by atoms with Gasteiger partial charge in [0.05, 0.1) is 42.2 Å². The number of fused-ring (bicyclic) bond motifs is 2. The van der Waals surface area contributed by atoms with Gasteiger partial charge in [-0.1, -0.05) is 13.8 Å².